The molecule has 0 saturated carbocycles. The zero-order chi connectivity index (χ0) is 26.5. The van der Waals surface area contributed by atoms with Gasteiger partial charge in [0.1, 0.15) is 0 Å². The SMILES string of the molecule is CN1CCc2ccc(NC(=O)c3cccc(C(CO)NC(=O)c4ccc(-c5ccncc5)cc4)c3)cc2C1. The summed E-state index contributed by atoms with van der Waals surface area (Å²) in [6.07, 6.45) is 4.45. The van der Waals surface area contributed by atoms with Crippen molar-refractivity contribution in [3.8, 4) is 11.1 Å². The predicted molar refractivity (Wildman–Crippen MR) is 148 cm³/mol. The number of rotatable bonds is 7. The molecule has 1 aliphatic rings. The molecule has 3 N–H and O–H groups in total. The van der Waals surface area contributed by atoms with Gasteiger partial charge in [0.15, 0.2) is 0 Å². The molecule has 0 spiro atoms. The molecule has 5 rings (SSSR count). The summed E-state index contributed by atoms with van der Waals surface area (Å²) in [5.74, 6) is -0.551. The van der Waals surface area contributed by atoms with Gasteiger partial charge in [-0.2, -0.15) is 0 Å². The van der Waals surface area contributed by atoms with E-state index in [0.29, 0.717) is 16.7 Å². The Balaban J connectivity index is 1.26. The first-order valence-corrected chi connectivity index (χ1v) is 12.6. The number of aliphatic hydroxyl groups is 1. The summed E-state index contributed by atoms with van der Waals surface area (Å²) in [4.78, 5) is 32.2. The smallest absolute Gasteiger partial charge is 0.255 e. The number of carbonyl (C=O) groups is 2. The third-order valence-corrected chi connectivity index (χ3v) is 6.87. The molecule has 38 heavy (non-hydrogen) atoms. The number of pyridine rings is 1. The highest BCUT2D eigenvalue weighted by Gasteiger charge is 2.18. The Morgan fingerprint density at radius 3 is 2.42 bits per heavy atom. The first-order valence-electron chi connectivity index (χ1n) is 12.6. The molecule has 1 aliphatic heterocycles. The van der Waals surface area contributed by atoms with Crippen LogP contribution in [0.5, 0.6) is 0 Å². The third kappa shape index (κ3) is 5.80. The molecule has 2 heterocycles. The molecule has 0 aliphatic carbocycles. The standard InChI is InChI=1S/C31H30N4O3/c1-35-16-13-22-9-10-28(18-27(22)19-35)33-31(38)26-4-2-3-25(17-26)29(20-36)34-30(37)24-7-5-21(6-8-24)23-11-14-32-15-12-23/h2-12,14-15,17-18,29,36H,13,16,19-20H2,1H3,(H,33,38)(H,34,37). The number of aromatic nitrogens is 1. The van der Waals surface area contributed by atoms with E-state index in [2.05, 4.69) is 33.6 Å². The lowest BCUT2D eigenvalue weighted by Gasteiger charge is -2.25. The van der Waals surface area contributed by atoms with Gasteiger partial charge in [-0.25, -0.2) is 0 Å². The van der Waals surface area contributed by atoms with Crippen molar-refractivity contribution in [1.29, 1.82) is 0 Å². The number of hydrogen-bond donors (Lipinski definition) is 3. The molecule has 4 aromatic rings. The summed E-state index contributed by atoms with van der Waals surface area (Å²) in [7, 11) is 2.09. The van der Waals surface area contributed by atoms with Gasteiger partial charge in [-0.3, -0.25) is 14.6 Å². The monoisotopic (exact) mass is 506 g/mol. The second kappa shape index (κ2) is 11.4. The van der Waals surface area contributed by atoms with E-state index in [9.17, 15) is 14.7 Å². The van der Waals surface area contributed by atoms with Crippen LogP contribution in [0.3, 0.4) is 0 Å². The fourth-order valence-corrected chi connectivity index (χ4v) is 4.71. The minimum Gasteiger partial charge on any atom is -0.394 e. The summed E-state index contributed by atoms with van der Waals surface area (Å²) in [6.45, 7) is 1.59. The fraction of sp³-hybridized carbons (Fsp3) is 0.194. The number of carbonyl (C=O) groups excluding carboxylic acids is 2. The van der Waals surface area contributed by atoms with E-state index in [1.54, 1.807) is 48.8 Å². The van der Waals surface area contributed by atoms with Crippen LogP contribution in [0.15, 0.2) is 91.3 Å². The highest BCUT2D eigenvalue weighted by molar-refractivity contribution is 6.04. The van der Waals surface area contributed by atoms with Crippen LogP contribution in [0, 0.1) is 0 Å². The summed E-state index contributed by atoms with van der Waals surface area (Å²) in [5.41, 5.74) is 6.86. The Kier molecular flexibility index (Phi) is 7.58. The number of hydrogen-bond acceptors (Lipinski definition) is 5. The van der Waals surface area contributed by atoms with E-state index < -0.39 is 6.04 Å². The van der Waals surface area contributed by atoms with E-state index in [0.717, 1.165) is 36.3 Å². The highest BCUT2D eigenvalue weighted by Crippen LogP contribution is 2.23. The number of nitrogens with one attached hydrogen (secondary N) is 2. The van der Waals surface area contributed by atoms with E-state index >= 15 is 0 Å². The topological polar surface area (TPSA) is 94.6 Å². The highest BCUT2D eigenvalue weighted by atomic mass is 16.3. The molecule has 2 amide bonds. The van der Waals surface area contributed by atoms with Gasteiger partial charge in [-0.05, 0) is 89.8 Å². The molecule has 0 radical (unpaired) electrons. The largest absolute Gasteiger partial charge is 0.394 e. The minimum atomic E-state index is -0.658. The van der Waals surface area contributed by atoms with Crippen molar-refractivity contribution in [2.75, 3.05) is 25.5 Å². The normalized spacial score (nSPS) is 13.8. The average Bonchev–Trinajstić information content (AvgIpc) is 2.96. The Bertz CT molecular complexity index is 1440. The fourth-order valence-electron chi connectivity index (χ4n) is 4.71. The summed E-state index contributed by atoms with van der Waals surface area (Å²) < 4.78 is 0. The van der Waals surface area contributed by atoms with Crippen LogP contribution in [0.2, 0.25) is 0 Å². The lowest BCUT2D eigenvalue weighted by molar-refractivity contribution is 0.0916. The number of amides is 2. The lowest BCUT2D eigenvalue weighted by atomic mass is 9.99. The molecule has 0 bridgehead atoms. The third-order valence-electron chi connectivity index (χ3n) is 6.87. The van der Waals surface area contributed by atoms with Crippen molar-refractivity contribution in [2.45, 2.75) is 19.0 Å². The summed E-state index contributed by atoms with van der Waals surface area (Å²) in [5, 5.41) is 15.9. The first-order chi connectivity index (χ1) is 18.5. The molecule has 7 nitrogen and oxygen atoms in total. The van der Waals surface area contributed by atoms with Crippen LogP contribution in [0.25, 0.3) is 11.1 Å². The number of benzene rings is 3. The number of likely N-dealkylation sites (N-methyl/N-ethyl adjacent to an activating group) is 1. The van der Waals surface area contributed by atoms with Crippen LogP contribution in [-0.4, -0.2) is 47.0 Å². The van der Waals surface area contributed by atoms with Gasteiger partial charge in [0, 0.05) is 42.3 Å². The van der Waals surface area contributed by atoms with Gasteiger partial charge in [0.05, 0.1) is 12.6 Å². The molecular formula is C31H30N4O3. The molecule has 3 aromatic carbocycles. The molecule has 7 heteroatoms. The average molecular weight is 507 g/mol. The number of nitrogens with zero attached hydrogens (tertiary/aromatic N) is 2. The van der Waals surface area contributed by atoms with Crippen molar-refractivity contribution < 1.29 is 14.7 Å². The Hall–Kier alpha value is -4.33. The molecule has 1 atom stereocenters. The van der Waals surface area contributed by atoms with E-state index in [1.165, 1.54) is 11.1 Å². The lowest BCUT2D eigenvalue weighted by Crippen LogP contribution is -2.31. The van der Waals surface area contributed by atoms with Gasteiger partial charge < -0.3 is 20.6 Å². The predicted octanol–water partition coefficient (Wildman–Crippen LogP) is 4.45. The molecule has 0 fully saturated rings. The van der Waals surface area contributed by atoms with Gasteiger partial charge in [-0.1, -0.05) is 30.3 Å². The van der Waals surface area contributed by atoms with Gasteiger partial charge in [-0.15, -0.1) is 0 Å². The maximum absolute atomic E-state index is 13.0. The second-order valence-corrected chi connectivity index (χ2v) is 9.57. The van der Waals surface area contributed by atoms with E-state index in [4.69, 9.17) is 0 Å². The van der Waals surface area contributed by atoms with Crippen LogP contribution in [0.1, 0.15) is 43.4 Å². The van der Waals surface area contributed by atoms with Gasteiger partial charge in [0.25, 0.3) is 11.8 Å². The second-order valence-electron chi connectivity index (χ2n) is 9.57. The quantitative estimate of drug-likeness (QED) is 0.344. The zero-order valence-corrected chi connectivity index (χ0v) is 21.2. The van der Waals surface area contributed by atoms with Crippen molar-refractivity contribution in [3.05, 3.63) is 119 Å². The Labute approximate surface area is 222 Å². The molecule has 192 valence electrons. The maximum Gasteiger partial charge on any atom is 0.255 e. The number of aliphatic hydroxyl groups excluding tert-OH is 1. The van der Waals surface area contributed by atoms with Crippen molar-refractivity contribution in [1.82, 2.24) is 15.2 Å². The Morgan fingerprint density at radius 1 is 0.895 bits per heavy atom. The molecular weight excluding hydrogens is 476 g/mol. The van der Waals surface area contributed by atoms with Crippen molar-refractivity contribution in [3.63, 3.8) is 0 Å². The van der Waals surface area contributed by atoms with E-state index in [-0.39, 0.29) is 18.4 Å². The van der Waals surface area contributed by atoms with Gasteiger partial charge in [0.2, 0.25) is 0 Å². The first kappa shape index (κ1) is 25.3. The van der Waals surface area contributed by atoms with Crippen LogP contribution in [0.4, 0.5) is 5.69 Å². The van der Waals surface area contributed by atoms with Crippen LogP contribution < -0.4 is 10.6 Å². The summed E-state index contributed by atoms with van der Waals surface area (Å²) in [6, 6.07) is 23.4. The van der Waals surface area contributed by atoms with Gasteiger partial charge >= 0.3 is 0 Å². The zero-order valence-electron chi connectivity index (χ0n) is 21.2. The molecule has 0 saturated heterocycles. The molecule has 1 aromatic heterocycles. The molecule has 1 unspecified atom stereocenters. The van der Waals surface area contributed by atoms with E-state index in [1.807, 2.05) is 36.4 Å². The van der Waals surface area contributed by atoms with Crippen LogP contribution >= 0.6 is 0 Å². The number of anilines is 1. The Morgan fingerprint density at radius 2 is 1.66 bits per heavy atom. The minimum absolute atomic E-state index is 0.245. The van der Waals surface area contributed by atoms with Crippen LogP contribution in [-0.2, 0) is 13.0 Å². The maximum atomic E-state index is 13.0. The van der Waals surface area contributed by atoms with Crippen molar-refractivity contribution in [2.24, 2.45) is 0 Å². The number of fused-ring (bicyclic) bond motifs is 1. The summed E-state index contributed by atoms with van der Waals surface area (Å²) >= 11 is 0. The van der Waals surface area contributed by atoms with Crippen molar-refractivity contribution >= 4 is 17.5 Å².